The Kier molecular flexibility index (Phi) is 4.78. The van der Waals surface area contributed by atoms with Crippen LogP contribution in [0.4, 0.5) is 0 Å². The Morgan fingerprint density at radius 2 is 1.68 bits per heavy atom. The van der Waals surface area contributed by atoms with Gasteiger partial charge in [0.15, 0.2) is 5.79 Å². The first-order valence-corrected chi connectivity index (χ1v) is 13.4. The monoisotopic (exact) mass is 432 g/mol. The van der Waals surface area contributed by atoms with Crippen molar-refractivity contribution in [2.75, 3.05) is 6.61 Å². The summed E-state index contributed by atoms with van der Waals surface area (Å²) in [5.41, 5.74) is 0.233. The third-order valence-corrected chi connectivity index (χ3v) is 12.0. The molecule has 0 aromatic rings. The number of hydrogen-bond donors (Lipinski definition) is 2. The van der Waals surface area contributed by atoms with Crippen LogP contribution < -0.4 is 0 Å². The van der Waals surface area contributed by atoms with Gasteiger partial charge in [-0.05, 0) is 86.4 Å². The van der Waals surface area contributed by atoms with E-state index in [1.807, 2.05) is 0 Å². The lowest BCUT2D eigenvalue weighted by atomic mass is 9.43. The summed E-state index contributed by atoms with van der Waals surface area (Å²) in [6.45, 7) is 10.3. The largest absolute Gasteiger partial charge is 0.393 e. The molecule has 0 aromatic carbocycles. The van der Waals surface area contributed by atoms with Gasteiger partial charge in [-0.25, -0.2) is 0 Å². The molecule has 6 fully saturated rings. The van der Waals surface area contributed by atoms with Gasteiger partial charge in [-0.2, -0.15) is 0 Å². The summed E-state index contributed by atoms with van der Waals surface area (Å²) in [6, 6.07) is 0. The van der Waals surface area contributed by atoms with Crippen molar-refractivity contribution in [3.63, 3.8) is 0 Å². The van der Waals surface area contributed by atoms with E-state index in [2.05, 4.69) is 27.7 Å². The zero-order chi connectivity index (χ0) is 21.8. The van der Waals surface area contributed by atoms with Crippen molar-refractivity contribution in [3.05, 3.63) is 0 Å². The SMILES string of the molecule is C[C@@H]1CC[C@@]2(OC1)O[C@H]1C[C@H]3[C@@H]4CC[C@H]5C[C@@H](O)CC[C@]5(C)[C@H]4C[C@@H](O)[C@]3(C)C1[C@@H]2C. The predicted molar refractivity (Wildman–Crippen MR) is 119 cm³/mol. The Balaban J connectivity index is 1.29. The fourth-order valence-electron chi connectivity index (χ4n) is 10.2. The maximum Gasteiger partial charge on any atom is 0.171 e. The number of aliphatic hydroxyl groups excluding tert-OH is 2. The van der Waals surface area contributed by atoms with Crippen molar-refractivity contribution in [3.8, 4) is 0 Å². The van der Waals surface area contributed by atoms with Gasteiger partial charge >= 0.3 is 0 Å². The summed E-state index contributed by atoms with van der Waals surface area (Å²) < 4.78 is 13.3. The van der Waals surface area contributed by atoms with Gasteiger partial charge in [-0.1, -0.05) is 27.7 Å². The highest BCUT2D eigenvalue weighted by molar-refractivity contribution is 5.17. The normalized spacial score (nSPS) is 63.3. The topological polar surface area (TPSA) is 58.9 Å². The molecule has 13 atom stereocenters. The van der Waals surface area contributed by atoms with Crippen molar-refractivity contribution >= 4 is 0 Å². The average molecular weight is 433 g/mol. The van der Waals surface area contributed by atoms with E-state index in [0.717, 1.165) is 45.1 Å². The molecule has 4 aliphatic carbocycles. The number of ether oxygens (including phenoxy) is 2. The molecule has 1 spiro atoms. The summed E-state index contributed by atoms with van der Waals surface area (Å²) in [4.78, 5) is 0. The predicted octanol–water partition coefficient (Wildman–Crippen LogP) is 4.76. The zero-order valence-corrected chi connectivity index (χ0v) is 20.1. The molecule has 4 nitrogen and oxygen atoms in total. The second-order valence-corrected chi connectivity index (χ2v) is 13.2. The summed E-state index contributed by atoms with van der Waals surface area (Å²) in [6.07, 6.45) is 9.70. The molecule has 31 heavy (non-hydrogen) atoms. The first-order valence-electron chi connectivity index (χ1n) is 13.4. The first kappa shape index (κ1) is 21.4. The molecule has 0 radical (unpaired) electrons. The molecule has 4 heteroatoms. The second-order valence-electron chi connectivity index (χ2n) is 13.2. The lowest BCUT2D eigenvalue weighted by Gasteiger charge is -2.62. The molecule has 6 aliphatic rings. The van der Waals surface area contributed by atoms with Gasteiger partial charge in [0.2, 0.25) is 0 Å². The summed E-state index contributed by atoms with van der Waals surface area (Å²) in [7, 11) is 0. The molecule has 2 aliphatic heterocycles. The maximum absolute atomic E-state index is 11.8. The van der Waals surface area contributed by atoms with Gasteiger partial charge in [0, 0.05) is 23.7 Å². The van der Waals surface area contributed by atoms with E-state index in [9.17, 15) is 10.2 Å². The fourth-order valence-corrected chi connectivity index (χ4v) is 10.2. The summed E-state index contributed by atoms with van der Waals surface area (Å²) >= 11 is 0. The van der Waals surface area contributed by atoms with Crippen molar-refractivity contribution < 1.29 is 19.7 Å². The van der Waals surface area contributed by atoms with Crippen LogP contribution in [0.3, 0.4) is 0 Å². The number of hydrogen-bond acceptors (Lipinski definition) is 4. The van der Waals surface area contributed by atoms with Crippen molar-refractivity contribution in [1.82, 2.24) is 0 Å². The van der Waals surface area contributed by atoms with Gasteiger partial charge in [-0.3, -0.25) is 0 Å². The Bertz CT molecular complexity index is 716. The van der Waals surface area contributed by atoms with Gasteiger partial charge in [0.25, 0.3) is 0 Å². The van der Waals surface area contributed by atoms with Gasteiger partial charge < -0.3 is 19.7 Å². The quantitative estimate of drug-likeness (QED) is 0.579. The van der Waals surface area contributed by atoms with Crippen LogP contribution in [0, 0.1) is 52.3 Å². The van der Waals surface area contributed by atoms with E-state index >= 15 is 0 Å². The van der Waals surface area contributed by atoms with Crippen LogP contribution in [0.2, 0.25) is 0 Å². The van der Waals surface area contributed by atoms with Crippen molar-refractivity contribution in [2.24, 2.45) is 52.3 Å². The highest BCUT2D eigenvalue weighted by atomic mass is 16.7. The molecule has 0 aromatic heterocycles. The molecule has 2 heterocycles. The first-order chi connectivity index (χ1) is 14.7. The lowest BCUT2D eigenvalue weighted by molar-refractivity contribution is -0.274. The third-order valence-electron chi connectivity index (χ3n) is 12.0. The van der Waals surface area contributed by atoms with E-state index in [0.29, 0.717) is 46.8 Å². The van der Waals surface area contributed by atoms with E-state index in [4.69, 9.17) is 9.47 Å². The maximum atomic E-state index is 11.8. The molecule has 1 unspecified atom stereocenters. The average Bonchev–Trinajstić information content (AvgIpc) is 3.18. The summed E-state index contributed by atoms with van der Waals surface area (Å²) in [5, 5.41) is 22.1. The van der Waals surface area contributed by atoms with Gasteiger partial charge in [0.1, 0.15) is 0 Å². The van der Waals surface area contributed by atoms with Crippen LogP contribution in [-0.4, -0.2) is 40.9 Å². The minimum Gasteiger partial charge on any atom is -0.393 e. The van der Waals surface area contributed by atoms with Crippen LogP contribution in [0.5, 0.6) is 0 Å². The molecular formula is C27H44O4. The smallest absolute Gasteiger partial charge is 0.171 e. The minimum absolute atomic E-state index is 0.0570. The van der Waals surface area contributed by atoms with Gasteiger partial charge in [0.05, 0.1) is 24.9 Å². The van der Waals surface area contributed by atoms with Crippen LogP contribution in [0.25, 0.3) is 0 Å². The molecule has 2 N–H and O–H groups in total. The van der Waals surface area contributed by atoms with E-state index in [1.54, 1.807) is 0 Å². The highest BCUT2D eigenvalue weighted by Crippen LogP contribution is 2.71. The molecule has 6 rings (SSSR count). The van der Waals surface area contributed by atoms with Crippen molar-refractivity contribution in [2.45, 2.75) is 110 Å². The Morgan fingerprint density at radius 1 is 0.871 bits per heavy atom. The molecule has 4 saturated carbocycles. The lowest BCUT2D eigenvalue weighted by Crippen LogP contribution is -2.59. The van der Waals surface area contributed by atoms with Crippen LogP contribution >= 0.6 is 0 Å². The van der Waals surface area contributed by atoms with Gasteiger partial charge in [-0.15, -0.1) is 0 Å². The number of aliphatic hydroxyl groups is 2. The Labute approximate surface area is 188 Å². The molecular weight excluding hydrogens is 388 g/mol. The molecule has 176 valence electrons. The number of fused-ring (bicyclic) bond motifs is 7. The van der Waals surface area contributed by atoms with Crippen LogP contribution in [0.15, 0.2) is 0 Å². The fraction of sp³-hybridized carbons (Fsp3) is 1.00. The van der Waals surface area contributed by atoms with E-state index in [-0.39, 0.29) is 23.7 Å². The molecule has 0 amide bonds. The van der Waals surface area contributed by atoms with Crippen molar-refractivity contribution in [1.29, 1.82) is 0 Å². The third kappa shape index (κ3) is 2.74. The zero-order valence-electron chi connectivity index (χ0n) is 20.1. The molecule has 2 saturated heterocycles. The summed E-state index contributed by atoms with van der Waals surface area (Å²) in [5.74, 6) is 3.46. The second kappa shape index (κ2) is 6.93. The van der Waals surface area contributed by atoms with E-state index in [1.165, 1.54) is 19.3 Å². The highest BCUT2D eigenvalue weighted by Gasteiger charge is 2.71. The minimum atomic E-state index is -0.407. The standard InChI is InChI=1S/C27H44O4/c1-15-7-10-27(30-14-15)16(2)24-22(31-27)12-21-19-6-5-17-11-18(28)8-9-25(17,3)20(19)13-23(29)26(21,24)4/h15-24,28-29H,5-14H2,1-4H3/t15-,16+,17+,18+,19-,20+,21+,22+,23-,24?,25+,26-,27-/m1/s1. The van der Waals surface area contributed by atoms with Crippen LogP contribution in [0.1, 0.15) is 85.5 Å². The molecule has 0 bridgehead atoms. The van der Waals surface area contributed by atoms with Crippen LogP contribution in [-0.2, 0) is 9.47 Å². The number of rotatable bonds is 0. The Hall–Kier alpha value is -0.160. The Morgan fingerprint density at radius 3 is 2.42 bits per heavy atom. The van der Waals surface area contributed by atoms with E-state index < -0.39 is 5.79 Å².